The quantitative estimate of drug-likeness (QED) is 0.622. The predicted octanol–water partition coefficient (Wildman–Crippen LogP) is 4.05. The number of carbonyl (C=O) groups excluding carboxylic acids is 1. The Morgan fingerprint density at radius 3 is 2.22 bits per heavy atom. The molecule has 0 aliphatic carbocycles. The maximum atomic E-state index is 12.1. The average Bonchev–Trinajstić information content (AvgIpc) is 2.35. The molecular formula is C12H12Cl2N2OS. The molecular weight excluding hydrogens is 291 g/mol. The van der Waals surface area contributed by atoms with Gasteiger partial charge in [-0.05, 0) is 37.7 Å². The standard InChI is InChI=1S/C12H12Cl2N2OS/c1-3-16(4-2)12(17)8-5-9(13)11(18-7-15)10(14)6-8/h5-6H,3-4H2,1-2H3. The lowest BCUT2D eigenvalue weighted by atomic mass is 10.2. The Kier molecular flexibility index (Phi) is 5.80. The van der Waals surface area contributed by atoms with Gasteiger partial charge in [-0.25, -0.2) is 0 Å². The van der Waals surface area contributed by atoms with Crippen molar-refractivity contribution in [3.63, 3.8) is 0 Å². The van der Waals surface area contributed by atoms with Crippen molar-refractivity contribution >= 4 is 40.9 Å². The van der Waals surface area contributed by atoms with E-state index in [1.54, 1.807) is 17.0 Å². The molecule has 0 unspecified atom stereocenters. The van der Waals surface area contributed by atoms with E-state index in [4.69, 9.17) is 28.5 Å². The van der Waals surface area contributed by atoms with Crippen molar-refractivity contribution in [1.82, 2.24) is 4.90 Å². The van der Waals surface area contributed by atoms with Crippen molar-refractivity contribution in [3.8, 4) is 5.40 Å². The number of rotatable bonds is 4. The minimum atomic E-state index is -0.114. The summed E-state index contributed by atoms with van der Waals surface area (Å²) in [4.78, 5) is 14.3. The van der Waals surface area contributed by atoms with Crippen LogP contribution in [-0.4, -0.2) is 23.9 Å². The SMILES string of the molecule is CCN(CC)C(=O)c1cc(Cl)c(SC#N)c(Cl)c1. The van der Waals surface area contributed by atoms with Crippen molar-refractivity contribution < 1.29 is 4.79 Å². The molecule has 0 heterocycles. The lowest BCUT2D eigenvalue weighted by molar-refractivity contribution is 0.0773. The highest BCUT2D eigenvalue weighted by Crippen LogP contribution is 2.35. The summed E-state index contributed by atoms with van der Waals surface area (Å²) in [5.41, 5.74) is 0.441. The zero-order chi connectivity index (χ0) is 13.7. The van der Waals surface area contributed by atoms with E-state index >= 15 is 0 Å². The molecule has 0 N–H and O–H groups in total. The van der Waals surface area contributed by atoms with Crippen LogP contribution in [0.15, 0.2) is 17.0 Å². The molecule has 1 aromatic carbocycles. The monoisotopic (exact) mass is 302 g/mol. The van der Waals surface area contributed by atoms with Crippen LogP contribution in [0.25, 0.3) is 0 Å². The third kappa shape index (κ3) is 3.32. The minimum absolute atomic E-state index is 0.114. The maximum Gasteiger partial charge on any atom is 0.253 e. The van der Waals surface area contributed by atoms with Crippen molar-refractivity contribution in [1.29, 1.82) is 5.26 Å². The Bertz CT molecular complexity index is 472. The molecule has 0 atom stereocenters. The Labute approximate surface area is 121 Å². The maximum absolute atomic E-state index is 12.1. The minimum Gasteiger partial charge on any atom is -0.339 e. The molecule has 1 rings (SSSR count). The number of hydrogen-bond donors (Lipinski definition) is 0. The van der Waals surface area contributed by atoms with Crippen LogP contribution in [0.1, 0.15) is 24.2 Å². The van der Waals surface area contributed by atoms with Gasteiger partial charge in [0.05, 0.1) is 14.9 Å². The van der Waals surface area contributed by atoms with Gasteiger partial charge in [-0.15, -0.1) is 0 Å². The molecule has 1 amide bonds. The van der Waals surface area contributed by atoms with Gasteiger partial charge >= 0.3 is 0 Å². The van der Waals surface area contributed by atoms with E-state index < -0.39 is 0 Å². The fraction of sp³-hybridized carbons (Fsp3) is 0.333. The molecule has 0 radical (unpaired) electrons. The number of halogens is 2. The number of nitriles is 1. The molecule has 0 aliphatic heterocycles. The number of hydrogen-bond acceptors (Lipinski definition) is 3. The normalized spacial score (nSPS) is 9.94. The number of benzene rings is 1. The van der Waals surface area contributed by atoms with Crippen LogP contribution in [0.3, 0.4) is 0 Å². The van der Waals surface area contributed by atoms with E-state index in [1.165, 1.54) is 0 Å². The second-order valence-electron chi connectivity index (χ2n) is 3.44. The van der Waals surface area contributed by atoms with Gasteiger partial charge < -0.3 is 4.90 Å². The molecule has 0 saturated carbocycles. The van der Waals surface area contributed by atoms with E-state index in [1.807, 2.05) is 19.2 Å². The highest BCUT2D eigenvalue weighted by atomic mass is 35.5. The summed E-state index contributed by atoms with van der Waals surface area (Å²) in [5, 5.41) is 11.2. The lowest BCUT2D eigenvalue weighted by Gasteiger charge is -2.19. The number of thiocyanates is 1. The highest BCUT2D eigenvalue weighted by Gasteiger charge is 2.16. The zero-order valence-electron chi connectivity index (χ0n) is 10.0. The van der Waals surface area contributed by atoms with Crippen LogP contribution in [0.5, 0.6) is 0 Å². The van der Waals surface area contributed by atoms with Gasteiger partial charge in [-0.3, -0.25) is 4.79 Å². The van der Waals surface area contributed by atoms with Crippen LogP contribution < -0.4 is 0 Å². The topological polar surface area (TPSA) is 44.1 Å². The van der Waals surface area contributed by atoms with Gasteiger partial charge in [0.15, 0.2) is 0 Å². The average molecular weight is 303 g/mol. The Balaban J connectivity index is 3.14. The number of carbonyl (C=O) groups is 1. The van der Waals surface area contributed by atoms with Crippen molar-refractivity contribution in [2.45, 2.75) is 18.7 Å². The van der Waals surface area contributed by atoms with Gasteiger partial charge in [-0.1, -0.05) is 23.2 Å². The first-order valence-electron chi connectivity index (χ1n) is 5.39. The third-order valence-corrected chi connectivity index (χ3v) is 4.00. The molecule has 0 spiro atoms. The summed E-state index contributed by atoms with van der Waals surface area (Å²) in [7, 11) is 0. The number of thioether (sulfide) groups is 1. The summed E-state index contributed by atoms with van der Waals surface area (Å²) in [6, 6.07) is 3.10. The van der Waals surface area contributed by atoms with Crippen LogP contribution in [0.4, 0.5) is 0 Å². The summed E-state index contributed by atoms with van der Waals surface area (Å²) in [5.74, 6) is -0.114. The van der Waals surface area contributed by atoms with Crippen molar-refractivity contribution in [3.05, 3.63) is 27.7 Å². The molecule has 96 valence electrons. The number of amides is 1. The van der Waals surface area contributed by atoms with Gasteiger partial charge in [0, 0.05) is 18.7 Å². The van der Waals surface area contributed by atoms with Crippen LogP contribution in [0, 0.1) is 10.7 Å². The smallest absolute Gasteiger partial charge is 0.253 e. The van der Waals surface area contributed by atoms with E-state index in [-0.39, 0.29) is 5.91 Å². The first-order chi connectivity index (χ1) is 8.54. The van der Waals surface area contributed by atoms with Gasteiger partial charge in [-0.2, -0.15) is 5.26 Å². The molecule has 0 aromatic heterocycles. The Morgan fingerprint density at radius 2 is 1.83 bits per heavy atom. The number of nitrogens with zero attached hydrogens (tertiary/aromatic N) is 2. The van der Waals surface area contributed by atoms with Gasteiger partial charge in [0.2, 0.25) is 0 Å². The van der Waals surface area contributed by atoms with Crippen LogP contribution in [0.2, 0.25) is 10.0 Å². The van der Waals surface area contributed by atoms with Gasteiger partial charge in [0.1, 0.15) is 5.40 Å². The van der Waals surface area contributed by atoms with Crippen molar-refractivity contribution in [2.75, 3.05) is 13.1 Å². The molecule has 3 nitrogen and oxygen atoms in total. The first kappa shape index (κ1) is 15.2. The molecule has 0 bridgehead atoms. The first-order valence-corrected chi connectivity index (χ1v) is 6.96. The summed E-state index contributed by atoms with van der Waals surface area (Å²) >= 11 is 12.9. The molecule has 0 saturated heterocycles. The summed E-state index contributed by atoms with van der Waals surface area (Å²) in [6.07, 6.45) is 0. The summed E-state index contributed by atoms with van der Waals surface area (Å²) < 4.78 is 0. The largest absolute Gasteiger partial charge is 0.339 e. The third-order valence-electron chi connectivity index (χ3n) is 2.44. The van der Waals surface area contributed by atoms with Crippen LogP contribution in [-0.2, 0) is 0 Å². The van der Waals surface area contributed by atoms with Crippen molar-refractivity contribution in [2.24, 2.45) is 0 Å². The molecule has 1 aromatic rings. The fourth-order valence-electron chi connectivity index (χ4n) is 1.52. The molecule has 0 aliphatic rings. The highest BCUT2D eigenvalue weighted by molar-refractivity contribution is 8.04. The zero-order valence-corrected chi connectivity index (χ0v) is 12.4. The van der Waals surface area contributed by atoms with Crippen LogP contribution >= 0.6 is 35.0 Å². The van der Waals surface area contributed by atoms with E-state index in [0.717, 1.165) is 11.8 Å². The second kappa shape index (κ2) is 6.89. The van der Waals surface area contributed by atoms with E-state index in [9.17, 15) is 4.79 Å². The van der Waals surface area contributed by atoms with E-state index in [0.29, 0.717) is 33.6 Å². The molecule has 18 heavy (non-hydrogen) atoms. The Hall–Kier alpha value is -0.890. The molecule has 0 fully saturated rings. The van der Waals surface area contributed by atoms with Gasteiger partial charge in [0.25, 0.3) is 5.91 Å². The van der Waals surface area contributed by atoms with E-state index in [2.05, 4.69) is 0 Å². The lowest BCUT2D eigenvalue weighted by Crippen LogP contribution is -2.30. The second-order valence-corrected chi connectivity index (χ2v) is 5.05. The predicted molar refractivity (Wildman–Crippen MR) is 75.2 cm³/mol. The molecule has 6 heteroatoms. The summed E-state index contributed by atoms with van der Waals surface area (Å²) in [6.45, 7) is 5.06. The Morgan fingerprint density at radius 1 is 1.33 bits per heavy atom. The fourth-order valence-corrected chi connectivity index (χ4v) is 2.64.